The van der Waals surface area contributed by atoms with E-state index >= 15 is 0 Å². The smallest absolute Gasteiger partial charge is 0.342 e. The summed E-state index contributed by atoms with van der Waals surface area (Å²) in [6, 6.07) is 0. The predicted molar refractivity (Wildman–Crippen MR) is 45.2 cm³/mol. The molecule has 1 atom stereocenters. The van der Waals surface area contributed by atoms with Gasteiger partial charge in [-0.25, -0.2) is 9.55 Å². The largest absolute Gasteiger partial charge is 0.393 e. The van der Waals surface area contributed by atoms with Crippen molar-refractivity contribution in [3.05, 3.63) is 22.1 Å². The molecule has 13 heavy (non-hydrogen) atoms. The normalized spacial score (nSPS) is 12.8. The summed E-state index contributed by atoms with van der Waals surface area (Å²) < 4.78 is 1.37. The van der Waals surface area contributed by atoms with Gasteiger partial charge in [-0.1, -0.05) is 0 Å². The van der Waals surface area contributed by atoms with Crippen LogP contribution in [0.15, 0.2) is 6.20 Å². The van der Waals surface area contributed by atoms with Gasteiger partial charge in [0.25, 0.3) is 0 Å². The Balaban J connectivity index is 2.93. The van der Waals surface area contributed by atoms with Crippen LogP contribution < -0.4 is 0 Å². The fraction of sp³-hybridized carbons (Fsp3) is 0.571. The average molecular weight is 185 g/mol. The lowest BCUT2D eigenvalue weighted by molar-refractivity contribution is -0.391. The Hall–Kier alpha value is -1.43. The summed E-state index contributed by atoms with van der Waals surface area (Å²) in [5, 5.41) is 19.5. The van der Waals surface area contributed by atoms with Crippen molar-refractivity contribution in [2.24, 2.45) is 7.05 Å². The summed E-state index contributed by atoms with van der Waals surface area (Å²) in [4.78, 5) is 13.7. The molecule has 72 valence electrons. The fourth-order valence-electron chi connectivity index (χ4n) is 1.06. The van der Waals surface area contributed by atoms with Crippen molar-refractivity contribution >= 4 is 5.82 Å². The second-order valence-electron chi connectivity index (χ2n) is 2.90. The van der Waals surface area contributed by atoms with Gasteiger partial charge in [-0.15, -0.1) is 0 Å². The molecule has 6 heteroatoms. The van der Waals surface area contributed by atoms with Gasteiger partial charge in [-0.3, -0.25) is 0 Å². The third kappa shape index (κ3) is 2.03. The van der Waals surface area contributed by atoms with Crippen LogP contribution in [0.2, 0.25) is 0 Å². The van der Waals surface area contributed by atoms with Gasteiger partial charge in [0.2, 0.25) is 0 Å². The van der Waals surface area contributed by atoms with Crippen molar-refractivity contribution in [2.75, 3.05) is 0 Å². The topological polar surface area (TPSA) is 81.2 Å². The number of aliphatic hydroxyl groups is 1. The maximum Gasteiger partial charge on any atom is 0.342 e. The quantitative estimate of drug-likeness (QED) is 0.540. The molecule has 6 nitrogen and oxygen atoms in total. The van der Waals surface area contributed by atoms with Crippen LogP contribution in [0, 0.1) is 10.1 Å². The van der Waals surface area contributed by atoms with Crippen LogP contribution in [0.5, 0.6) is 0 Å². The van der Waals surface area contributed by atoms with E-state index in [0.717, 1.165) is 0 Å². The first kappa shape index (κ1) is 9.66. The summed E-state index contributed by atoms with van der Waals surface area (Å²) in [6.07, 6.45) is 0.975. The highest BCUT2D eigenvalue weighted by Crippen LogP contribution is 2.12. The zero-order chi connectivity index (χ0) is 10.0. The molecule has 0 amide bonds. The molecular weight excluding hydrogens is 174 g/mol. The number of nitrogens with zero attached hydrogens (tertiary/aromatic N) is 3. The summed E-state index contributed by atoms with van der Waals surface area (Å²) in [6.45, 7) is 1.61. The van der Waals surface area contributed by atoms with Gasteiger partial charge in [-0.05, 0) is 11.8 Å². The zero-order valence-electron chi connectivity index (χ0n) is 7.47. The number of hydrogen-bond donors (Lipinski definition) is 1. The summed E-state index contributed by atoms with van der Waals surface area (Å²) in [7, 11) is 1.56. The van der Waals surface area contributed by atoms with E-state index in [1.807, 2.05) is 0 Å². The van der Waals surface area contributed by atoms with Gasteiger partial charge < -0.3 is 15.2 Å². The zero-order valence-corrected chi connectivity index (χ0v) is 7.47. The van der Waals surface area contributed by atoms with Crippen molar-refractivity contribution in [3.63, 3.8) is 0 Å². The minimum atomic E-state index is -0.541. The molecule has 1 aromatic rings. The Labute approximate surface area is 75.0 Å². The van der Waals surface area contributed by atoms with Crippen molar-refractivity contribution in [3.8, 4) is 0 Å². The van der Waals surface area contributed by atoms with Gasteiger partial charge in [0.15, 0.2) is 5.82 Å². The average Bonchev–Trinajstić information content (AvgIpc) is 2.32. The molecule has 1 heterocycles. The van der Waals surface area contributed by atoms with Crippen LogP contribution in [0.1, 0.15) is 12.7 Å². The van der Waals surface area contributed by atoms with E-state index in [1.165, 1.54) is 10.8 Å². The molecule has 1 aromatic heterocycles. The lowest BCUT2D eigenvalue weighted by Gasteiger charge is -2.00. The molecule has 0 aromatic carbocycles. The third-order valence-electron chi connectivity index (χ3n) is 1.72. The second kappa shape index (κ2) is 3.53. The molecule has 1 rings (SSSR count). The molecule has 0 radical (unpaired) electrons. The van der Waals surface area contributed by atoms with Crippen LogP contribution in [-0.4, -0.2) is 25.7 Å². The lowest BCUT2D eigenvalue weighted by Crippen LogP contribution is -2.10. The molecule has 0 aliphatic heterocycles. The van der Waals surface area contributed by atoms with Gasteiger partial charge >= 0.3 is 5.82 Å². The maximum atomic E-state index is 10.4. The Morgan fingerprint density at radius 3 is 2.85 bits per heavy atom. The number of nitro groups is 1. The maximum absolute atomic E-state index is 10.4. The van der Waals surface area contributed by atoms with Crippen LogP contribution in [-0.2, 0) is 13.5 Å². The van der Waals surface area contributed by atoms with E-state index in [4.69, 9.17) is 5.11 Å². The van der Waals surface area contributed by atoms with Crippen LogP contribution >= 0.6 is 0 Å². The van der Waals surface area contributed by atoms with Crippen molar-refractivity contribution in [2.45, 2.75) is 19.4 Å². The summed E-state index contributed by atoms with van der Waals surface area (Å²) in [5.41, 5.74) is 0. The molecule has 0 aliphatic rings. The molecule has 0 spiro atoms. The van der Waals surface area contributed by atoms with Gasteiger partial charge in [-0.2, -0.15) is 0 Å². The predicted octanol–water partition coefficient (Wildman–Crippen LogP) is 0.252. The van der Waals surface area contributed by atoms with E-state index in [-0.39, 0.29) is 5.82 Å². The molecule has 0 bridgehead atoms. The highest BCUT2D eigenvalue weighted by Gasteiger charge is 2.17. The fourth-order valence-corrected chi connectivity index (χ4v) is 1.06. The molecular formula is C7H11N3O3. The number of aromatic nitrogens is 2. The minimum Gasteiger partial charge on any atom is -0.393 e. The van der Waals surface area contributed by atoms with E-state index in [2.05, 4.69) is 4.98 Å². The minimum absolute atomic E-state index is 0.0596. The molecule has 0 fully saturated rings. The highest BCUT2D eigenvalue weighted by atomic mass is 16.6. The van der Waals surface area contributed by atoms with Crippen molar-refractivity contribution < 1.29 is 10.0 Å². The standard InChI is InChI=1S/C7H11N3O3/c1-5(11)3-6-8-4-7(9(6)2)10(12)13/h4-5,11H,3H2,1-2H3. The molecule has 1 unspecified atom stereocenters. The van der Waals surface area contributed by atoms with E-state index in [1.54, 1.807) is 14.0 Å². The Morgan fingerprint density at radius 2 is 2.46 bits per heavy atom. The van der Waals surface area contributed by atoms with Gasteiger partial charge in [0.1, 0.15) is 6.20 Å². The first-order valence-corrected chi connectivity index (χ1v) is 3.85. The Kier molecular flexibility index (Phi) is 2.62. The van der Waals surface area contributed by atoms with E-state index in [0.29, 0.717) is 12.2 Å². The molecule has 0 saturated carbocycles. The first-order valence-electron chi connectivity index (χ1n) is 3.85. The summed E-state index contributed by atoms with van der Waals surface area (Å²) >= 11 is 0. The highest BCUT2D eigenvalue weighted by molar-refractivity contribution is 5.18. The number of imidazole rings is 1. The number of hydrogen-bond acceptors (Lipinski definition) is 4. The van der Waals surface area contributed by atoms with Gasteiger partial charge in [0, 0.05) is 0 Å². The summed E-state index contributed by atoms with van der Waals surface area (Å²) in [5.74, 6) is 0.456. The SMILES string of the molecule is CC(O)Cc1ncc([N+](=O)[O-])n1C. The van der Waals surface area contributed by atoms with Crippen LogP contribution in [0.4, 0.5) is 5.82 Å². The second-order valence-corrected chi connectivity index (χ2v) is 2.90. The van der Waals surface area contributed by atoms with Crippen molar-refractivity contribution in [1.82, 2.24) is 9.55 Å². The van der Waals surface area contributed by atoms with Gasteiger partial charge in [0.05, 0.1) is 19.6 Å². The van der Waals surface area contributed by atoms with E-state index in [9.17, 15) is 10.1 Å². The Morgan fingerprint density at radius 1 is 1.85 bits per heavy atom. The third-order valence-corrected chi connectivity index (χ3v) is 1.72. The lowest BCUT2D eigenvalue weighted by atomic mass is 10.3. The van der Waals surface area contributed by atoms with E-state index < -0.39 is 11.0 Å². The molecule has 1 N–H and O–H groups in total. The number of aliphatic hydroxyl groups excluding tert-OH is 1. The van der Waals surface area contributed by atoms with Crippen LogP contribution in [0.25, 0.3) is 0 Å². The molecule has 0 aliphatic carbocycles. The van der Waals surface area contributed by atoms with Crippen molar-refractivity contribution in [1.29, 1.82) is 0 Å². The number of rotatable bonds is 3. The monoisotopic (exact) mass is 185 g/mol. The first-order chi connectivity index (χ1) is 6.02. The Bertz CT molecular complexity index is 319. The van der Waals surface area contributed by atoms with Crippen LogP contribution in [0.3, 0.4) is 0 Å². The molecule has 0 saturated heterocycles.